The van der Waals surface area contributed by atoms with Crippen molar-refractivity contribution in [1.29, 1.82) is 0 Å². The van der Waals surface area contributed by atoms with Gasteiger partial charge >= 0.3 is 5.97 Å². The molecule has 3 heterocycles. The Hall–Kier alpha value is -2.25. The first-order valence-electron chi connectivity index (χ1n) is 9.49. The van der Waals surface area contributed by atoms with Crippen LogP contribution in [0.5, 0.6) is 0 Å². The normalized spacial score (nSPS) is 17.0. The summed E-state index contributed by atoms with van der Waals surface area (Å²) in [5, 5.41) is 5.10. The number of aryl methyl sites for hydroxylation is 1. The Bertz CT molecular complexity index is 919. The fourth-order valence-corrected chi connectivity index (χ4v) is 5.25. The molecule has 1 saturated heterocycles. The lowest BCUT2D eigenvalue weighted by atomic mass is 9.99. The first-order valence-corrected chi connectivity index (χ1v) is 11.2. The van der Waals surface area contributed by atoms with Crippen molar-refractivity contribution < 1.29 is 14.3 Å². The number of nitrogens with zero attached hydrogens (tertiary/aromatic N) is 2. The predicted octanol–water partition coefficient (Wildman–Crippen LogP) is 4.24. The summed E-state index contributed by atoms with van der Waals surface area (Å²) in [4.78, 5) is 31.0. The van der Waals surface area contributed by atoms with E-state index in [2.05, 4.69) is 6.07 Å². The molecule has 1 aliphatic rings. The highest BCUT2D eigenvalue weighted by atomic mass is 32.1. The molecule has 2 aromatic heterocycles. The Morgan fingerprint density at radius 3 is 2.96 bits per heavy atom. The largest absolute Gasteiger partial charge is 0.456 e. The van der Waals surface area contributed by atoms with Gasteiger partial charge in [-0.05, 0) is 53.8 Å². The van der Waals surface area contributed by atoms with Crippen LogP contribution in [0.2, 0.25) is 0 Å². The molecular formula is C21H22N2O3S2. The van der Waals surface area contributed by atoms with Crippen molar-refractivity contribution in [2.24, 2.45) is 0 Å². The van der Waals surface area contributed by atoms with Gasteiger partial charge in [-0.1, -0.05) is 12.1 Å². The molecule has 0 N–H and O–H groups in total. The fourth-order valence-electron chi connectivity index (χ4n) is 3.46. The van der Waals surface area contributed by atoms with Crippen molar-refractivity contribution >= 4 is 44.8 Å². The molecule has 4 rings (SSSR count). The second-order valence-electron chi connectivity index (χ2n) is 6.99. The number of likely N-dealkylation sites (tertiary alicyclic amines) is 1. The van der Waals surface area contributed by atoms with Gasteiger partial charge in [0.25, 0.3) is 5.91 Å². The average molecular weight is 415 g/mol. The monoisotopic (exact) mass is 414 g/mol. The van der Waals surface area contributed by atoms with Gasteiger partial charge in [-0.25, -0.2) is 4.98 Å². The van der Waals surface area contributed by atoms with E-state index in [0.29, 0.717) is 25.9 Å². The number of carbonyl (C=O) groups is 2. The maximum atomic E-state index is 12.5. The van der Waals surface area contributed by atoms with Gasteiger partial charge < -0.3 is 9.64 Å². The molecule has 0 bridgehead atoms. The summed E-state index contributed by atoms with van der Waals surface area (Å²) in [5.41, 5.74) is 2.15. The predicted molar refractivity (Wildman–Crippen MR) is 112 cm³/mol. The van der Waals surface area contributed by atoms with Gasteiger partial charge in [-0.15, -0.1) is 11.3 Å². The van der Waals surface area contributed by atoms with E-state index in [4.69, 9.17) is 9.72 Å². The van der Waals surface area contributed by atoms with Crippen LogP contribution in [0.25, 0.3) is 10.2 Å². The van der Waals surface area contributed by atoms with Crippen molar-refractivity contribution in [3.8, 4) is 0 Å². The van der Waals surface area contributed by atoms with Crippen LogP contribution in [0.4, 0.5) is 0 Å². The summed E-state index contributed by atoms with van der Waals surface area (Å²) in [5.74, 6) is -0.182. The number of rotatable bonds is 6. The Labute approximate surface area is 172 Å². The van der Waals surface area contributed by atoms with E-state index >= 15 is 0 Å². The molecule has 0 radical (unpaired) electrons. The van der Waals surface area contributed by atoms with Crippen molar-refractivity contribution in [2.45, 2.75) is 31.6 Å². The molecule has 0 unspecified atom stereocenters. The number of fused-ring (bicyclic) bond motifs is 1. The number of esters is 1. The number of para-hydroxylation sites is 1. The van der Waals surface area contributed by atoms with Crippen molar-refractivity contribution in [1.82, 2.24) is 9.88 Å². The van der Waals surface area contributed by atoms with Crippen molar-refractivity contribution in [2.75, 3.05) is 19.7 Å². The topological polar surface area (TPSA) is 59.5 Å². The van der Waals surface area contributed by atoms with Crippen LogP contribution in [0, 0.1) is 0 Å². The second-order valence-corrected chi connectivity index (χ2v) is 8.83. The van der Waals surface area contributed by atoms with Crippen LogP contribution in [-0.4, -0.2) is 41.5 Å². The Balaban J connectivity index is 1.28. The molecule has 28 heavy (non-hydrogen) atoms. The molecule has 0 spiro atoms. The fraction of sp³-hybridized carbons (Fsp3) is 0.381. The summed E-state index contributed by atoms with van der Waals surface area (Å²) >= 11 is 3.32. The lowest BCUT2D eigenvalue weighted by molar-refractivity contribution is -0.152. The van der Waals surface area contributed by atoms with E-state index in [1.165, 1.54) is 4.70 Å². The molecule has 1 aliphatic heterocycles. The van der Waals surface area contributed by atoms with Crippen LogP contribution < -0.4 is 0 Å². The van der Waals surface area contributed by atoms with Crippen LogP contribution in [0.1, 0.15) is 35.8 Å². The lowest BCUT2D eigenvalue weighted by Gasteiger charge is -2.31. The smallest absolute Gasteiger partial charge is 0.306 e. The third kappa shape index (κ3) is 4.59. The number of piperidine rings is 1. The SMILES string of the molecule is O=C(CCc1ccsc1)OCC(=O)N1CCC[C@@H](c2nc3ccccc3s2)C1. The highest BCUT2D eigenvalue weighted by Gasteiger charge is 2.27. The Morgan fingerprint density at radius 1 is 1.25 bits per heavy atom. The van der Waals surface area contributed by atoms with Gasteiger partial charge in [0.2, 0.25) is 0 Å². The van der Waals surface area contributed by atoms with E-state index in [1.54, 1.807) is 22.7 Å². The molecule has 1 atom stereocenters. The summed E-state index contributed by atoms with van der Waals surface area (Å²) in [7, 11) is 0. The second kappa shape index (κ2) is 8.84. The lowest BCUT2D eigenvalue weighted by Crippen LogP contribution is -2.41. The zero-order valence-electron chi connectivity index (χ0n) is 15.5. The minimum atomic E-state index is -0.320. The first-order chi connectivity index (χ1) is 13.7. The van der Waals surface area contributed by atoms with E-state index in [-0.39, 0.29) is 24.4 Å². The molecule has 146 valence electrons. The Morgan fingerprint density at radius 2 is 2.14 bits per heavy atom. The molecule has 5 nitrogen and oxygen atoms in total. The van der Waals surface area contributed by atoms with Gasteiger partial charge in [0.05, 0.1) is 15.2 Å². The van der Waals surface area contributed by atoms with Gasteiger partial charge in [-0.3, -0.25) is 9.59 Å². The standard InChI is InChI=1S/C21H22N2O3S2/c24-19(13-26-20(25)8-7-15-9-11-27-14-15)23-10-3-4-16(12-23)21-22-17-5-1-2-6-18(17)28-21/h1-2,5-6,9,11,14,16H,3-4,7-8,10,12-13H2/t16-/m1/s1. The highest BCUT2D eigenvalue weighted by molar-refractivity contribution is 7.18. The van der Waals surface area contributed by atoms with Gasteiger partial charge in [0.1, 0.15) is 0 Å². The average Bonchev–Trinajstić information content (AvgIpc) is 3.40. The molecule has 0 saturated carbocycles. The van der Waals surface area contributed by atoms with Crippen LogP contribution in [0.15, 0.2) is 41.1 Å². The maximum Gasteiger partial charge on any atom is 0.306 e. The minimum Gasteiger partial charge on any atom is -0.456 e. The zero-order valence-corrected chi connectivity index (χ0v) is 17.1. The number of thiazole rings is 1. The number of ether oxygens (including phenoxy) is 1. The molecule has 3 aromatic rings. The quantitative estimate of drug-likeness (QED) is 0.566. The number of thiophene rings is 1. The molecule has 1 aromatic carbocycles. The molecule has 0 aliphatic carbocycles. The maximum absolute atomic E-state index is 12.5. The number of hydrogen-bond acceptors (Lipinski definition) is 6. The molecule has 1 amide bonds. The van der Waals surface area contributed by atoms with Gasteiger partial charge in [0.15, 0.2) is 6.61 Å². The summed E-state index contributed by atoms with van der Waals surface area (Å²) in [6, 6.07) is 10.1. The Kier molecular flexibility index (Phi) is 6.02. The molecule has 1 fully saturated rings. The first kappa shape index (κ1) is 19.1. The molecule has 7 heteroatoms. The van der Waals surface area contributed by atoms with Crippen molar-refractivity contribution in [3.05, 3.63) is 51.7 Å². The van der Waals surface area contributed by atoms with E-state index in [9.17, 15) is 9.59 Å². The number of hydrogen-bond donors (Lipinski definition) is 0. The summed E-state index contributed by atoms with van der Waals surface area (Å²) in [6.45, 7) is 1.19. The van der Waals surface area contributed by atoms with E-state index in [0.717, 1.165) is 28.9 Å². The minimum absolute atomic E-state index is 0.116. The zero-order chi connectivity index (χ0) is 19.3. The van der Waals surface area contributed by atoms with Crippen LogP contribution >= 0.6 is 22.7 Å². The van der Waals surface area contributed by atoms with Crippen LogP contribution in [-0.2, 0) is 20.7 Å². The third-order valence-electron chi connectivity index (χ3n) is 4.99. The number of benzene rings is 1. The number of aromatic nitrogens is 1. The van der Waals surface area contributed by atoms with Crippen LogP contribution in [0.3, 0.4) is 0 Å². The third-order valence-corrected chi connectivity index (χ3v) is 6.92. The number of carbonyl (C=O) groups excluding carboxylic acids is 2. The van der Waals surface area contributed by atoms with Gasteiger partial charge in [-0.2, -0.15) is 11.3 Å². The van der Waals surface area contributed by atoms with Gasteiger partial charge in [0, 0.05) is 25.4 Å². The summed E-state index contributed by atoms with van der Waals surface area (Å²) < 4.78 is 6.39. The number of amides is 1. The summed E-state index contributed by atoms with van der Waals surface area (Å²) in [6.07, 6.45) is 2.93. The van der Waals surface area contributed by atoms with E-state index < -0.39 is 0 Å². The highest BCUT2D eigenvalue weighted by Crippen LogP contribution is 2.32. The van der Waals surface area contributed by atoms with E-state index in [1.807, 2.05) is 39.9 Å². The van der Waals surface area contributed by atoms with Crippen molar-refractivity contribution in [3.63, 3.8) is 0 Å². The molecular weight excluding hydrogens is 392 g/mol.